The highest BCUT2D eigenvalue weighted by Gasteiger charge is 2.16. The van der Waals surface area contributed by atoms with Gasteiger partial charge in [0.2, 0.25) is 0 Å². The van der Waals surface area contributed by atoms with Gasteiger partial charge in [-0.3, -0.25) is 0 Å². The Kier molecular flexibility index (Phi) is 5.00. The lowest BCUT2D eigenvalue weighted by Gasteiger charge is -2.26. The number of rotatable bonds is 3. The van der Waals surface area contributed by atoms with Gasteiger partial charge in [-0.15, -0.1) is 0 Å². The Morgan fingerprint density at radius 1 is 1.54 bits per heavy atom. The zero-order chi connectivity index (χ0) is 9.52. The zero-order valence-corrected chi connectivity index (χ0v) is 8.73. The number of carbonyl (C=O) groups excluding carboxylic acids is 1. The minimum atomic E-state index is -0.171. The minimum Gasteiger partial charge on any atom is -0.449 e. The number of hydrogen-bond acceptors (Lipinski definition) is 4. The summed E-state index contributed by atoms with van der Waals surface area (Å²) in [6.45, 7) is 3.79. The molecule has 1 aliphatic heterocycles. The number of carbonyl (C=O) groups is 1. The van der Waals surface area contributed by atoms with Crippen LogP contribution in [-0.2, 0) is 4.74 Å². The molecule has 0 aliphatic carbocycles. The number of ether oxygens (including phenoxy) is 1. The monoisotopic (exact) mass is 204 g/mol. The van der Waals surface area contributed by atoms with Crippen LogP contribution in [0.15, 0.2) is 0 Å². The predicted octanol–water partition coefficient (Wildman–Crippen LogP) is 0.391. The van der Waals surface area contributed by atoms with E-state index in [1.165, 1.54) is 0 Å². The highest BCUT2D eigenvalue weighted by molar-refractivity contribution is 7.98. The summed E-state index contributed by atoms with van der Waals surface area (Å²) in [5, 5.41) is 3.18. The van der Waals surface area contributed by atoms with Crippen LogP contribution in [-0.4, -0.2) is 55.8 Å². The van der Waals surface area contributed by atoms with E-state index in [1.807, 2.05) is 6.26 Å². The number of nitrogens with zero attached hydrogens (tertiary/aromatic N) is 1. The maximum Gasteiger partial charge on any atom is 0.409 e. The normalized spacial score (nSPS) is 17.2. The van der Waals surface area contributed by atoms with Gasteiger partial charge in [0.1, 0.15) is 6.61 Å². The first-order valence-corrected chi connectivity index (χ1v) is 5.85. The topological polar surface area (TPSA) is 41.6 Å². The molecule has 1 amide bonds. The molecule has 0 aromatic rings. The molecule has 13 heavy (non-hydrogen) atoms. The standard InChI is InChI=1S/C8H16N2O2S/c1-13-7-6-12-8(11)10-4-2-9-3-5-10/h9H,2-7H2,1H3. The van der Waals surface area contributed by atoms with Crippen molar-refractivity contribution in [2.75, 3.05) is 44.8 Å². The van der Waals surface area contributed by atoms with Crippen molar-refractivity contribution in [2.45, 2.75) is 0 Å². The average Bonchev–Trinajstić information content (AvgIpc) is 2.19. The van der Waals surface area contributed by atoms with Crippen LogP contribution in [0.5, 0.6) is 0 Å². The molecule has 5 heteroatoms. The van der Waals surface area contributed by atoms with E-state index in [9.17, 15) is 4.79 Å². The van der Waals surface area contributed by atoms with E-state index in [0.717, 1.165) is 31.9 Å². The first-order valence-electron chi connectivity index (χ1n) is 4.46. The Morgan fingerprint density at radius 2 is 2.23 bits per heavy atom. The predicted molar refractivity (Wildman–Crippen MR) is 54.2 cm³/mol. The molecule has 1 N–H and O–H groups in total. The van der Waals surface area contributed by atoms with E-state index >= 15 is 0 Å². The molecule has 0 atom stereocenters. The number of nitrogens with one attached hydrogen (secondary N) is 1. The van der Waals surface area contributed by atoms with Crippen LogP contribution in [0.3, 0.4) is 0 Å². The first kappa shape index (κ1) is 10.7. The Bertz CT molecular complexity index is 160. The highest BCUT2D eigenvalue weighted by Crippen LogP contribution is 1.98. The minimum absolute atomic E-state index is 0.171. The molecule has 4 nitrogen and oxygen atoms in total. The molecule has 0 aromatic carbocycles. The second-order valence-electron chi connectivity index (χ2n) is 2.84. The van der Waals surface area contributed by atoms with Crippen LogP contribution in [0.2, 0.25) is 0 Å². The van der Waals surface area contributed by atoms with Crippen LogP contribution in [0.4, 0.5) is 4.79 Å². The van der Waals surface area contributed by atoms with E-state index in [-0.39, 0.29) is 6.09 Å². The van der Waals surface area contributed by atoms with Crippen molar-refractivity contribution in [3.63, 3.8) is 0 Å². The van der Waals surface area contributed by atoms with Gasteiger partial charge in [-0.2, -0.15) is 11.8 Å². The van der Waals surface area contributed by atoms with Crippen LogP contribution in [0.1, 0.15) is 0 Å². The Hall–Kier alpha value is -0.420. The van der Waals surface area contributed by atoms with Crippen molar-refractivity contribution in [2.24, 2.45) is 0 Å². The summed E-state index contributed by atoms with van der Waals surface area (Å²) in [5.41, 5.74) is 0. The van der Waals surface area contributed by atoms with Gasteiger partial charge >= 0.3 is 6.09 Å². The molecule has 0 aromatic heterocycles. The van der Waals surface area contributed by atoms with Crippen LogP contribution < -0.4 is 5.32 Å². The summed E-state index contributed by atoms with van der Waals surface area (Å²) in [6.07, 6.45) is 1.83. The van der Waals surface area contributed by atoms with Gasteiger partial charge in [0.25, 0.3) is 0 Å². The molecule has 0 spiro atoms. The Labute approximate surface area is 83.0 Å². The van der Waals surface area contributed by atoms with Crippen LogP contribution in [0.25, 0.3) is 0 Å². The van der Waals surface area contributed by atoms with Crippen molar-refractivity contribution in [1.29, 1.82) is 0 Å². The zero-order valence-electron chi connectivity index (χ0n) is 7.91. The van der Waals surface area contributed by atoms with E-state index in [4.69, 9.17) is 4.74 Å². The van der Waals surface area contributed by atoms with Gasteiger partial charge in [-0.05, 0) is 6.26 Å². The highest BCUT2D eigenvalue weighted by atomic mass is 32.2. The Balaban J connectivity index is 2.13. The SMILES string of the molecule is CSCCOC(=O)N1CCNCC1. The maximum atomic E-state index is 11.3. The van der Waals surface area contributed by atoms with Crippen LogP contribution >= 0.6 is 11.8 Å². The van der Waals surface area contributed by atoms with Gasteiger partial charge < -0.3 is 15.0 Å². The molecule has 0 unspecified atom stereocenters. The van der Waals surface area contributed by atoms with Gasteiger partial charge in [-0.1, -0.05) is 0 Å². The average molecular weight is 204 g/mol. The van der Waals surface area contributed by atoms with Crippen LogP contribution in [0, 0.1) is 0 Å². The van der Waals surface area contributed by atoms with Crippen molar-refractivity contribution in [3.05, 3.63) is 0 Å². The lowest BCUT2D eigenvalue weighted by molar-refractivity contribution is 0.103. The first-order chi connectivity index (χ1) is 6.34. The Morgan fingerprint density at radius 3 is 2.85 bits per heavy atom. The molecule has 76 valence electrons. The lowest BCUT2D eigenvalue weighted by atomic mass is 10.4. The molecule has 1 saturated heterocycles. The summed E-state index contributed by atoms with van der Waals surface area (Å²) in [7, 11) is 0. The fourth-order valence-corrected chi connectivity index (χ4v) is 1.40. The molecule has 0 bridgehead atoms. The number of thioether (sulfide) groups is 1. The third-order valence-corrected chi connectivity index (χ3v) is 2.46. The second kappa shape index (κ2) is 6.10. The molecule has 1 fully saturated rings. The van der Waals surface area contributed by atoms with E-state index in [2.05, 4.69) is 5.32 Å². The smallest absolute Gasteiger partial charge is 0.409 e. The van der Waals surface area contributed by atoms with E-state index in [0.29, 0.717) is 6.61 Å². The molecule has 0 saturated carbocycles. The maximum absolute atomic E-state index is 11.3. The van der Waals surface area contributed by atoms with Crippen molar-refractivity contribution < 1.29 is 9.53 Å². The summed E-state index contributed by atoms with van der Waals surface area (Å²) >= 11 is 1.68. The van der Waals surface area contributed by atoms with Gasteiger partial charge in [0, 0.05) is 31.9 Å². The molecular formula is C8H16N2O2S. The summed E-state index contributed by atoms with van der Waals surface area (Å²) in [6, 6.07) is 0. The van der Waals surface area contributed by atoms with Gasteiger partial charge in [0.15, 0.2) is 0 Å². The molecule has 1 heterocycles. The molecule has 1 aliphatic rings. The quantitative estimate of drug-likeness (QED) is 0.675. The summed E-state index contributed by atoms with van der Waals surface area (Å²) < 4.78 is 5.06. The number of amides is 1. The van der Waals surface area contributed by atoms with Gasteiger partial charge in [-0.25, -0.2) is 4.79 Å². The van der Waals surface area contributed by atoms with E-state index in [1.54, 1.807) is 16.7 Å². The summed E-state index contributed by atoms with van der Waals surface area (Å²) in [4.78, 5) is 13.1. The molecular weight excluding hydrogens is 188 g/mol. The van der Waals surface area contributed by atoms with E-state index < -0.39 is 0 Å². The number of piperazine rings is 1. The van der Waals surface area contributed by atoms with Crippen molar-refractivity contribution >= 4 is 17.9 Å². The molecule has 0 radical (unpaired) electrons. The third-order valence-electron chi connectivity index (χ3n) is 1.89. The number of hydrogen-bond donors (Lipinski definition) is 1. The molecule has 1 rings (SSSR count). The fraction of sp³-hybridized carbons (Fsp3) is 0.875. The second-order valence-corrected chi connectivity index (χ2v) is 3.83. The van der Waals surface area contributed by atoms with Crippen molar-refractivity contribution in [3.8, 4) is 0 Å². The largest absolute Gasteiger partial charge is 0.449 e. The summed E-state index contributed by atoms with van der Waals surface area (Å²) in [5.74, 6) is 0.873. The fourth-order valence-electron chi connectivity index (χ4n) is 1.15. The lowest BCUT2D eigenvalue weighted by Crippen LogP contribution is -2.46. The van der Waals surface area contributed by atoms with Gasteiger partial charge in [0.05, 0.1) is 0 Å². The van der Waals surface area contributed by atoms with Crippen molar-refractivity contribution in [1.82, 2.24) is 10.2 Å². The third kappa shape index (κ3) is 3.87.